The SMILES string of the molecule is CC(Nc1ccc(Cl)cc1)c1cnn(-c2ccccc2)c1. The van der Waals surface area contributed by atoms with Gasteiger partial charge in [0.05, 0.1) is 17.9 Å². The Morgan fingerprint density at radius 2 is 1.76 bits per heavy atom. The summed E-state index contributed by atoms with van der Waals surface area (Å²) in [7, 11) is 0. The zero-order chi connectivity index (χ0) is 14.7. The van der Waals surface area contributed by atoms with Gasteiger partial charge in [0.25, 0.3) is 0 Å². The van der Waals surface area contributed by atoms with Gasteiger partial charge < -0.3 is 5.32 Å². The summed E-state index contributed by atoms with van der Waals surface area (Å²) in [4.78, 5) is 0. The van der Waals surface area contributed by atoms with Crippen LogP contribution < -0.4 is 5.32 Å². The first-order chi connectivity index (χ1) is 10.2. The number of para-hydroxylation sites is 1. The van der Waals surface area contributed by atoms with Crippen LogP contribution in [0.15, 0.2) is 67.0 Å². The molecule has 1 atom stereocenters. The minimum atomic E-state index is 0.170. The minimum absolute atomic E-state index is 0.170. The fourth-order valence-electron chi connectivity index (χ4n) is 2.16. The molecule has 3 nitrogen and oxygen atoms in total. The molecule has 0 fully saturated rings. The molecule has 0 spiro atoms. The van der Waals surface area contributed by atoms with Gasteiger partial charge in [0, 0.05) is 22.5 Å². The Kier molecular flexibility index (Phi) is 3.93. The molecule has 0 aliphatic carbocycles. The van der Waals surface area contributed by atoms with Crippen LogP contribution in [0.1, 0.15) is 18.5 Å². The molecule has 0 saturated carbocycles. The van der Waals surface area contributed by atoms with E-state index >= 15 is 0 Å². The van der Waals surface area contributed by atoms with Crippen LogP contribution >= 0.6 is 11.6 Å². The van der Waals surface area contributed by atoms with E-state index in [1.54, 1.807) is 0 Å². The third kappa shape index (κ3) is 3.26. The van der Waals surface area contributed by atoms with Crippen LogP contribution in [0.5, 0.6) is 0 Å². The number of nitrogens with one attached hydrogen (secondary N) is 1. The van der Waals surface area contributed by atoms with Gasteiger partial charge in [-0.15, -0.1) is 0 Å². The Bertz CT molecular complexity index is 704. The fraction of sp³-hybridized carbons (Fsp3) is 0.118. The third-order valence-corrected chi connectivity index (χ3v) is 3.60. The third-order valence-electron chi connectivity index (χ3n) is 3.35. The second kappa shape index (κ2) is 6.02. The van der Waals surface area contributed by atoms with E-state index in [9.17, 15) is 0 Å². The lowest BCUT2D eigenvalue weighted by atomic mass is 10.2. The molecule has 3 rings (SSSR count). The van der Waals surface area contributed by atoms with Crippen LogP contribution in [-0.4, -0.2) is 9.78 Å². The largest absolute Gasteiger partial charge is 0.378 e. The normalized spacial score (nSPS) is 12.1. The van der Waals surface area contributed by atoms with Crippen LogP contribution in [0.25, 0.3) is 5.69 Å². The Morgan fingerprint density at radius 3 is 2.48 bits per heavy atom. The average molecular weight is 298 g/mol. The van der Waals surface area contributed by atoms with Crippen LogP contribution in [-0.2, 0) is 0 Å². The van der Waals surface area contributed by atoms with E-state index in [4.69, 9.17) is 11.6 Å². The van der Waals surface area contributed by atoms with E-state index in [0.717, 1.165) is 22.0 Å². The molecule has 0 aliphatic rings. The monoisotopic (exact) mass is 297 g/mol. The van der Waals surface area contributed by atoms with E-state index in [-0.39, 0.29) is 6.04 Å². The standard InChI is InChI=1S/C17H16ClN3/c1-13(20-16-9-7-15(18)8-10-16)14-11-19-21(12-14)17-5-3-2-4-6-17/h2-13,20H,1H3. The molecule has 21 heavy (non-hydrogen) atoms. The lowest BCUT2D eigenvalue weighted by Gasteiger charge is -2.13. The van der Waals surface area contributed by atoms with Gasteiger partial charge in [-0.05, 0) is 43.3 Å². The van der Waals surface area contributed by atoms with Gasteiger partial charge in [0.1, 0.15) is 0 Å². The van der Waals surface area contributed by atoms with E-state index in [0.29, 0.717) is 0 Å². The summed E-state index contributed by atoms with van der Waals surface area (Å²) in [6, 6.07) is 18.0. The maximum absolute atomic E-state index is 5.90. The maximum Gasteiger partial charge on any atom is 0.0645 e. The molecule has 0 saturated heterocycles. The maximum atomic E-state index is 5.90. The molecule has 106 valence electrons. The highest BCUT2D eigenvalue weighted by atomic mass is 35.5. The van der Waals surface area contributed by atoms with Crippen molar-refractivity contribution in [2.45, 2.75) is 13.0 Å². The zero-order valence-electron chi connectivity index (χ0n) is 11.7. The fourth-order valence-corrected chi connectivity index (χ4v) is 2.29. The van der Waals surface area contributed by atoms with Crippen molar-refractivity contribution in [2.75, 3.05) is 5.32 Å². The molecular weight excluding hydrogens is 282 g/mol. The Balaban J connectivity index is 1.75. The molecule has 1 unspecified atom stereocenters. The van der Waals surface area contributed by atoms with Crippen LogP contribution in [0.3, 0.4) is 0 Å². The van der Waals surface area contributed by atoms with Crippen molar-refractivity contribution >= 4 is 17.3 Å². The van der Waals surface area contributed by atoms with Crippen molar-refractivity contribution in [2.24, 2.45) is 0 Å². The number of aromatic nitrogens is 2. The summed E-state index contributed by atoms with van der Waals surface area (Å²) in [5.41, 5.74) is 3.23. The molecule has 0 bridgehead atoms. The van der Waals surface area contributed by atoms with Crippen LogP contribution in [0.4, 0.5) is 5.69 Å². The van der Waals surface area contributed by atoms with E-state index in [2.05, 4.69) is 17.3 Å². The Labute approximate surface area is 129 Å². The second-order valence-electron chi connectivity index (χ2n) is 4.93. The summed E-state index contributed by atoms with van der Waals surface area (Å²) in [5, 5.41) is 8.60. The molecule has 0 aliphatic heterocycles. The van der Waals surface area contributed by atoms with Crippen molar-refractivity contribution in [3.8, 4) is 5.69 Å². The van der Waals surface area contributed by atoms with Gasteiger partial charge >= 0.3 is 0 Å². The van der Waals surface area contributed by atoms with Gasteiger partial charge in [-0.1, -0.05) is 29.8 Å². The number of hydrogen-bond acceptors (Lipinski definition) is 2. The quantitative estimate of drug-likeness (QED) is 0.756. The predicted molar refractivity (Wildman–Crippen MR) is 87.1 cm³/mol. The van der Waals surface area contributed by atoms with Gasteiger partial charge in [-0.3, -0.25) is 0 Å². The highest BCUT2D eigenvalue weighted by Gasteiger charge is 2.08. The smallest absolute Gasteiger partial charge is 0.0645 e. The minimum Gasteiger partial charge on any atom is -0.378 e. The van der Waals surface area contributed by atoms with Crippen molar-refractivity contribution in [3.63, 3.8) is 0 Å². The summed E-state index contributed by atoms with van der Waals surface area (Å²) < 4.78 is 1.88. The van der Waals surface area contributed by atoms with Gasteiger partial charge in [0.2, 0.25) is 0 Å². The molecule has 4 heteroatoms. The molecular formula is C17H16ClN3. The number of hydrogen-bond donors (Lipinski definition) is 1. The first kappa shape index (κ1) is 13.7. The lowest BCUT2D eigenvalue weighted by Crippen LogP contribution is -2.05. The number of halogens is 1. The van der Waals surface area contributed by atoms with Crippen molar-refractivity contribution in [1.82, 2.24) is 9.78 Å². The Hall–Kier alpha value is -2.26. The second-order valence-corrected chi connectivity index (χ2v) is 5.36. The summed E-state index contributed by atoms with van der Waals surface area (Å²) in [5.74, 6) is 0. The molecule has 0 radical (unpaired) electrons. The van der Waals surface area contributed by atoms with Gasteiger partial charge in [0.15, 0.2) is 0 Å². The summed E-state index contributed by atoms with van der Waals surface area (Å²) in [6.45, 7) is 2.11. The summed E-state index contributed by atoms with van der Waals surface area (Å²) in [6.07, 6.45) is 3.93. The highest BCUT2D eigenvalue weighted by Crippen LogP contribution is 2.21. The van der Waals surface area contributed by atoms with E-state index in [1.807, 2.05) is 71.7 Å². The molecule has 1 heterocycles. The molecule has 0 amide bonds. The highest BCUT2D eigenvalue weighted by molar-refractivity contribution is 6.30. The van der Waals surface area contributed by atoms with Crippen LogP contribution in [0, 0.1) is 0 Å². The van der Waals surface area contributed by atoms with Crippen molar-refractivity contribution in [3.05, 3.63) is 77.6 Å². The first-order valence-corrected chi connectivity index (χ1v) is 7.22. The lowest BCUT2D eigenvalue weighted by molar-refractivity contribution is 0.868. The topological polar surface area (TPSA) is 29.9 Å². The number of nitrogens with zero attached hydrogens (tertiary/aromatic N) is 2. The van der Waals surface area contributed by atoms with E-state index in [1.165, 1.54) is 0 Å². The number of benzene rings is 2. The van der Waals surface area contributed by atoms with E-state index < -0.39 is 0 Å². The zero-order valence-corrected chi connectivity index (χ0v) is 12.5. The predicted octanol–water partition coefficient (Wildman–Crippen LogP) is 4.70. The number of anilines is 1. The van der Waals surface area contributed by atoms with Gasteiger partial charge in [-0.2, -0.15) is 5.10 Å². The Morgan fingerprint density at radius 1 is 1.05 bits per heavy atom. The van der Waals surface area contributed by atoms with Gasteiger partial charge in [-0.25, -0.2) is 4.68 Å². The van der Waals surface area contributed by atoms with Crippen molar-refractivity contribution < 1.29 is 0 Å². The molecule has 1 aromatic heterocycles. The molecule has 2 aromatic carbocycles. The number of rotatable bonds is 4. The molecule has 1 N–H and O–H groups in total. The summed E-state index contributed by atoms with van der Waals surface area (Å²) >= 11 is 5.90. The average Bonchev–Trinajstić information content (AvgIpc) is 3.00. The molecule has 3 aromatic rings. The van der Waals surface area contributed by atoms with Crippen LogP contribution in [0.2, 0.25) is 5.02 Å². The van der Waals surface area contributed by atoms with Crippen molar-refractivity contribution in [1.29, 1.82) is 0 Å². The first-order valence-electron chi connectivity index (χ1n) is 6.84.